The summed E-state index contributed by atoms with van der Waals surface area (Å²) in [5, 5.41) is 21.8. The molecule has 156 valence electrons. The number of carboxylic acids is 2. The van der Waals surface area contributed by atoms with Crippen molar-refractivity contribution in [2.75, 3.05) is 6.79 Å². The summed E-state index contributed by atoms with van der Waals surface area (Å²) in [5.74, 6) is -0.670. The zero-order valence-corrected chi connectivity index (χ0v) is 16.4. The lowest BCUT2D eigenvalue weighted by Gasteiger charge is -2.22. The van der Waals surface area contributed by atoms with Gasteiger partial charge < -0.3 is 24.3 Å². The molecule has 2 atom stereocenters. The number of ether oxygens (including phenoxy) is 2. The second-order valence-corrected chi connectivity index (χ2v) is 7.48. The predicted octanol–water partition coefficient (Wildman–Crippen LogP) is 1.74. The van der Waals surface area contributed by atoms with E-state index in [0.29, 0.717) is 30.2 Å². The summed E-state index contributed by atoms with van der Waals surface area (Å²) in [6, 6.07) is 3.65. The highest BCUT2D eigenvalue weighted by molar-refractivity contribution is 5.77. The fourth-order valence-electron chi connectivity index (χ4n) is 3.28. The number of fused-ring (bicyclic) bond motifs is 1. The van der Waals surface area contributed by atoms with Crippen molar-refractivity contribution in [3.63, 3.8) is 0 Å². The van der Waals surface area contributed by atoms with Crippen LogP contribution in [-0.2, 0) is 22.6 Å². The molecule has 3 N–H and O–H groups in total. The van der Waals surface area contributed by atoms with Gasteiger partial charge in [0.25, 0.3) is 0 Å². The summed E-state index contributed by atoms with van der Waals surface area (Å²) in [7, 11) is 0. The zero-order chi connectivity index (χ0) is 21.0. The number of imidazole rings is 1. The van der Waals surface area contributed by atoms with Crippen LogP contribution >= 0.6 is 0 Å². The van der Waals surface area contributed by atoms with E-state index < -0.39 is 24.0 Å². The van der Waals surface area contributed by atoms with Crippen LogP contribution < -0.4 is 14.8 Å². The second-order valence-electron chi connectivity index (χ2n) is 7.48. The SMILES string of the molecule is CC(C)CC(N[C@@H](Cc1cncn1Cc1ccc2c(c1)OCO2)C(=O)O)C(=O)O. The zero-order valence-electron chi connectivity index (χ0n) is 16.4. The Hall–Kier alpha value is -3.07. The molecule has 0 saturated heterocycles. The molecular weight excluding hydrogens is 378 g/mol. The molecule has 0 fully saturated rings. The summed E-state index contributed by atoms with van der Waals surface area (Å²) in [6.07, 6.45) is 3.68. The lowest BCUT2D eigenvalue weighted by atomic mass is 10.0. The van der Waals surface area contributed by atoms with Crippen molar-refractivity contribution in [3.8, 4) is 11.5 Å². The number of nitrogens with one attached hydrogen (secondary N) is 1. The second kappa shape index (κ2) is 8.95. The number of hydrogen-bond donors (Lipinski definition) is 3. The minimum atomic E-state index is -1.10. The number of hydrogen-bond acceptors (Lipinski definition) is 6. The van der Waals surface area contributed by atoms with Crippen molar-refractivity contribution >= 4 is 11.9 Å². The Balaban J connectivity index is 1.72. The molecule has 3 rings (SSSR count). The molecule has 1 aliphatic rings. The Morgan fingerprint density at radius 1 is 1.17 bits per heavy atom. The van der Waals surface area contributed by atoms with E-state index in [9.17, 15) is 19.8 Å². The highest BCUT2D eigenvalue weighted by Crippen LogP contribution is 2.32. The van der Waals surface area contributed by atoms with Gasteiger partial charge in [0.1, 0.15) is 12.1 Å². The minimum absolute atomic E-state index is 0.113. The van der Waals surface area contributed by atoms with Crippen LogP contribution in [0.2, 0.25) is 0 Å². The molecule has 0 spiro atoms. The van der Waals surface area contributed by atoms with E-state index in [1.165, 1.54) is 0 Å². The number of carbonyl (C=O) groups is 2. The maximum Gasteiger partial charge on any atom is 0.321 e. The number of carboxylic acid groups (broad SMARTS) is 2. The van der Waals surface area contributed by atoms with Crippen LogP contribution in [0, 0.1) is 5.92 Å². The lowest BCUT2D eigenvalue weighted by molar-refractivity contribution is -0.142. The molecule has 0 radical (unpaired) electrons. The molecule has 9 nitrogen and oxygen atoms in total. The molecule has 0 amide bonds. The van der Waals surface area contributed by atoms with Gasteiger partial charge in [-0.1, -0.05) is 19.9 Å². The van der Waals surface area contributed by atoms with Gasteiger partial charge in [-0.3, -0.25) is 14.9 Å². The van der Waals surface area contributed by atoms with Crippen molar-refractivity contribution in [1.29, 1.82) is 0 Å². The molecule has 1 aromatic heterocycles. The molecule has 1 aromatic carbocycles. The van der Waals surface area contributed by atoms with Gasteiger partial charge in [0.2, 0.25) is 6.79 Å². The van der Waals surface area contributed by atoms with Crippen LogP contribution in [0.1, 0.15) is 31.5 Å². The molecular formula is C20H25N3O6. The third kappa shape index (κ3) is 5.26. The van der Waals surface area contributed by atoms with Crippen LogP contribution in [0.5, 0.6) is 11.5 Å². The van der Waals surface area contributed by atoms with E-state index in [1.54, 1.807) is 12.5 Å². The van der Waals surface area contributed by atoms with Crippen molar-refractivity contribution in [2.45, 2.75) is 45.3 Å². The van der Waals surface area contributed by atoms with E-state index in [4.69, 9.17) is 9.47 Å². The first-order valence-electron chi connectivity index (χ1n) is 9.42. The van der Waals surface area contributed by atoms with Crippen molar-refractivity contribution in [3.05, 3.63) is 42.0 Å². The fraction of sp³-hybridized carbons (Fsp3) is 0.450. The Morgan fingerprint density at radius 3 is 2.59 bits per heavy atom. The Kier molecular flexibility index (Phi) is 6.38. The topological polar surface area (TPSA) is 123 Å². The maximum atomic E-state index is 11.8. The van der Waals surface area contributed by atoms with Gasteiger partial charge in [-0.15, -0.1) is 0 Å². The Morgan fingerprint density at radius 2 is 1.90 bits per heavy atom. The first-order valence-corrected chi connectivity index (χ1v) is 9.42. The Bertz CT molecular complexity index is 879. The van der Waals surface area contributed by atoms with Gasteiger partial charge in [0.15, 0.2) is 11.5 Å². The highest BCUT2D eigenvalue weighted by atomic mass is 16.7. The van der Waals surface area contributed by atoms with Gasteiger partial charge in [-0.05, 0) is 30.0 Å². The summed E-state index contributed by atoms with van der Waals surface area (Å²) in [4.78, 5) is 27.4. The smallest absolute Gasteiger partial charge is 0.321 e. The number of nitrogens with zero attached hydrogens (tertiary/aromatic N) is 2. The van der Waals surface area contributed by atoms with Crippen LogP contribution in [0.3, 0.4) is 0 Å². The molecule has 0 aliphatic carbocycles. The normalized spacial score (nSPS) is 14.7. The molecule has 29 heavy (non-hydrogen) atoms. The van der Waals surface area contributed by atoms with Crippen molar-refractivity contribution < 1.29 is 29.3 Å². The average Bonchev–Trinajstić information content (AvgIpc) is 3.28. The highest BCUT2D eigenvalue weighted by Gasteiger charge is 2.27. The fourth-order valence-corrected chi connectivity index (χ4v) is 3.28. The standard InChI is InChI=1S/C20H25N3O6/c1-12(2)5-15(19(24)25)22-16(20(26)27)7-14-8-21-10-23(14)9-13-3-4-17-18(6-13)29-11-28-17/h3-4,6,8,10,12,15-16,22H,5,7,9,11H2,1-2H3,(H,24,25)(H,26,27)/t15?,16-/m0/s1. The molecule has 0 saturated carbocycles. The molecule has 1 aliphatic heterocycles. The van der Waals surface area contributed by atoms with Gasteiger partial charge in [-0.2, -0.15) is 0 Å². The molecule has 0 bridgehead atoms. The van der Waals surface area contributed by atoms with Gasteiger partial charge in [0, 0.05) is 24.9 Å². The lowest BCUT2D eigenvalue weighted by Crippen LogP contribution is -2.49. The van der Waals surface area contributed by atoms with Crippen molar-refractivity contribution in [1.82, 2.24) is 14.9 Å². The maximum absolute atomic E-state index is 11.8. The number of benzene rings is 1. The third-order valence-corrected chi connectivity index (χ3v) is 4.71. The predicted molar refractivity (Wildman–Crippen MR) is 103 cm³/mol. The number of rotatable bonds is 10. The van der Waals surface area contributed by atoms with Crippen LogP contribution in [0.25, 0.3) is 0 Å². The minimum Gasteiger partial charge on any atom is -0.480 e. The van der Waals surface area contributed by atoms with E-state index >= 15 is 0 Å². The van der Waals surface area contributed by atoms with E-state index in [2.05, 4.69) is 10.3 Å². The largest absolute Gasteiger partial charge is 0.480 e. The third-order valence-electron chi connectivity index (χ3n) is 4.71. The van der Waals surface area contributed by atoms with Crippen LogP contribution in [-0.4, -0.2) is 50.6 Å². The average molecular weight is 403 g/mol. The van der Waals surface area contributed by atoms with E-state index in [1.807, 2.05) is 36.6 Å². The first kappa shape index (κ1) is 20.7. The van der Waals surface area contributed by atoms with E-state index in [-0.39, 0.29) is 19.1 Å². The molecule has 9 heteroatoms. The molecule has 2 aromatic rings. The Labute approximate surface area is 168 Å². The van der Waals surface area contributed by atoms with Gasteiger partial charge >= 0.3 is 11.9 Å². The first-order chi connectivity index (χ1) is 13.8. The van der Waals surface area contributed by atoms with Gasteiger partial charge in [-0.25, -0.2) is 4.98 Å². The monoisotopic (exact) mass is 403 g/mol. The summed E-state index contributed by atoms with van der Waals surface area (Å²) >= 11 is 0. The van der Waals surface area contributed by atoms with Crippen LogP contribution in [0.4, 0.5) is 0 Å². The summed E-state index contributed by atoms with van der Waals surface area (Å²) in [6.45, 7) is 4.47. The summed E-state index contributed by atoms with van der Waals surface area (Å²) in [5.41, 5.74) is 1.65. The van der Waals surface area contributed by atoms with Crippen molar-refractivity contribution in [2.24, 2.45) is 5.92 Å². The van der Waals surface area contributed by atoms with Gasteiger partial charge in [0.05, 0.1) is 6.33 Å². The molecule has 1 unspecified atom stereocenters. The van der Waals surface area contributed by atoms with Crippen LogP contribution in [0.15, 0.2) is 30.7 Å². The van der Waals surface area contributed by atoms with E-state index in [0.717, 1.165) is 5.56 Å². The number of aromatic nitrogens is 2. The quantitative estimate of drug-likeness (QED) is 0.548. The molecule has 2 heterocycles. The number of aliphatic carboxylic acids is 2. The summed E-state index contributed by atoms with van der Waals surface area (Å²) < 4.78 is 12.5.